The van der Waals surface area contributed by atoms with Gasteiger partial charge in [0.2, 0.25) is 0 Å². The molecule has 1 amide bonds. The summed E-state index contributed by atoms with van der Waals surface area (Å²) in [5, 5.41) is 7.64. The van der Waals surface area contributed by atoms with Gasteiger partial charge < -0.3 is 5.32 Å². The normalized spacial score (nSPS) is 16.2. The van der Waals surface area contributed by atoms with Gasteiger partial charge in [-0.2, -0.15) is 5.10 Å². The van der Waals surface area contributed by atoms with Crippen LogP contribution in [0, 0.1) is 5.92 Å². The van der Waals surface area contributed by atoms with Gasteiger partial charge in [0.15, 0.2) is 5.82 Å². The summed E-state index contributed by atoms with van der Waals surface area (Å²) >= 11 is 0. The molecular formula is C25H31N5O. The van der Waals surface area contributed by atoms with Crippen molar-refractivity contribution in [3.63, 3.8) is 0 Å². The van der Waals surface area contributed by atoms with Crippen LogP contribution >= 0.6 is 0 Å². The molecule has 1 fully saturated rings. The molecule has 1 aromatic carbocycles. The number of aromatic nitrogens is 3. The van der Waals surface area contributed by atoms with E-state index in [1.807, 2.05) is 31.2 Å². The Balaban J connectivity index is 1.51. The monoisotopic (exact) mass is 417 g/mol. The highest BCUT2D eigenvalue weighted by Gasteiger charge is 2.26. The summed E-state index contributed by atoms with van der Waals surface area (Å²) < 4.78 is 1.76. The van der Waals surface area contributed by atoms with Gasteiger partial charge in [0.1, 0.15) is 0 Å². The number of hydrogen-bond acceptors (Lipinski definition) is 4. The van der Waals surface area contributed by atoms with Crippen LogP contribution in [0.4, 0.5) is 0 Å². The second kappa shape index (κ2) is 9.88. The van der Waals surface area contributed by atoms with Gasteiger partial charge in [0.25, 0.3) is 5.91 Å². The van der Waals surface area contributed by atoms with Crippen molar-refractivity contribution in [2.45, 2.75) is 39.2 Å². The van der Waals surface area contributed by atoms with Crippen molar-refractivity contribution in [3.8, 4) is 5.82 Å². The largest absolute Gasteiger partial charge is 0.350 e. The number of hydrogen-bond donors (Lipinski definition) is 1. The predicted octanol–water partition coefficient (Wildman–Crippen LogP) is 4.03. The number of nitrogens with zero attached hydrogens (tertiary/aromatic N) is 4. The molecule has 1 aliphatic rings. The quantitative estimate of drug-likeness (QED) is 0.630. The fourth-order valence-electron chi connectivity index (χ4n) is 4.34. The van der Waals surface area contributed by atoms with E-state index in [4.69, 9.17) is 0 Å². The van der Waals surface area contributed by atoms with E-state index in [0.29, 0.717) is 18.5 Å². The molecule has 1 N–H and O–H groups in total. The van der Waals surface area contributed by atoms with Crippen molar-refractivity contribution in [2.24, 2.45) is 5.92 Å². The SMILES string of the molecule is CCc1c(C(=O)NCC(c2ccccc2)N2CCC(C)CC2)cnn1-c1ccccn1. The van der Waals surface area contributed by atoms with Crippen LogP contribution in [0.3, 0.4) is 0 Å². The third-order valence-electron chi connectivity index (χ3n) is 6.21. The van der Waals surface area contributed by atoms with Crippen LogP contribution < -0.4 is 5.32 Å². The molecule has 0 aliphatic carbocycles. The predicted molar refractivity (Wildman–Crippen MR) is 122 cm³/mol. The van der Waals surface area contributed by atoms with Crippen LogP contribution in [0.1, 0.15) is 54.3 Å². The van der Waals surface area contributed by atoms with Crippen molar-refractivity contribution in [3.05, 3.63) is 77.7 Å². The first-order valence-electron chi connectivity index (χ1n) is 11.2. The lowest BCUT2D eigenvalue weighted by atomic mass is 9.95. The summed E-state index contributed by atoms with van der Waals surface area (Å²) in [5.41, 5.74) is 2.74. The molecule has 0 radical (unpaired) electrons. The Kier molecular flexibility index (Phi) is 6.77. The molecule has 1 unspecified atom stereocenters. The number of pyridine rings is 1. The van der Waals surface area contributed by atoms with Crippen molar-refractivity contribution < 1.29 is 4.79 Å². The number of carbonyl (C=O) groups is 1. The van der Waals surface area contributed by atoms with Crippen LogP contribution in [0.2, 0.25) is 0 Å². The molecule has 6 heteroatoms. The third-order valence-corrected chi connectivity index (χ3v) is 6.21. The Hall–Kier alpha value is -2.99. The molecule has 2 aromatic heterocycles. The van der Waals surface area contributed by atoms with Gasteiger partial charge in [-0.3, -0.25) is 9.69 Å². The van der Waals surface area contributed by atoms with Crippen molar-refractivity contribution >= 4 is 5.91 Å². The summed E-state index contributed by atoms with van der Waals surface area (Å²) in [6, 6.07) is 16.4. The number of carbonyl (C=O) groups excluding carboxylic acids is 1. The fraction of sp³-hybridized carbons (Fsp3) is 0.400. The molecule has 1 atom stereocenters. The molecule has 0 spiro atoms. The highest BCUT2D eigenvalue weighted by Crippen LogP contribution is 2.26. The zero-order chi connectivity index (χ0) is 21.6. The van der Waals surface area contributed by atoms with Crippen molar-refractivity contribution in [2.75, 3.05) is 19.6 Å². The van der Waals surface area contributed by atoms with Gasteiger partial charge in [0, 0.05) is 12.7 Å². The molecule has 1 aliphatic heterocycles. The molecule has 3 heterocycles. The fourth-order valence-corrected chi connectivity index (χ4v) is 4.34. The number of amides is 1. The summed E-state index contributed by atoms with van der Waals surface area (Å²) in [4.78, 5) is 20.0. The zero-order valence-corrected chi connectivity index (χ0v) is 18.4. The van der Waals surface area contributed by atoms with Gasteiger partial charge in [-0.1, -0.05) is 50.2 Å². The van der Waals surface area contributed by atoms with Crippen molar-refractivity contribution in [1.82, 2.24) is 25.0 Å². The maximum Gasteiger partial charge on any atom is 0.254 e. The van der Waals surface area contributed by atoms with Gasteiger partial charge in [-0.15, -0.1) is 0 Å². The second-order valence-electron chi connectivity index (χ2n) is 8.31. The maximum absolute atomic E-state index is 13.1. The van der Waals surface area contributed by atoms with E-state index < -0.39 is 0 Å². The first-order valence-corrected chi connectivity index (χ1v) is 11.2. The molecule has 162 valence electrons. The van der Waals surface area contributed by atoms with Crippen LogP contribution in [0.5, 0.6) is 0 Å². The molecular weight excluding hydrogens is 386 g/mol. The Bertz CT molecular complexity index is 978. The van der Waals surface area contributed by atoms with E-state index in [9.17, 15) is 4.79 Å². The number of piperidine rings is 1. The molecule has 1 saturated heterocycles. The smallest absolute Gasteiger partial charge is 0.254 e. The van der Waals surface area contributed by atoms with Gasteiger partial charge in [-0.05, 0) is 56.0 Å². The van der Waals surface area contributed by atoms with E-state index in [2.05, 4.69) is 51.5 Å². The topological polar surface area (TPSA) is 63.1 Å². The number of rotatable bonds is 7. The van der Waals surface area contributed by atoms with E-state index in [-0.39, 0.29) is 11.9 Å². The number of nitrogens with one attached hydrogen (secondary N) is 1. The average molecular weight is 418 g/mol. The lowest BCUT2D eigenvalue weighted by Crippen LogP contribution is -2.42. The molecule has 31 heavy (non-hydrogen) atoms. The average Bonchev–Trinajstić information content (AvgIpc) is 3.26. The summed E-state index contributed by atoms with van der Waals surface area (Å²) in [6.45, 7) is 7.06. The maximum atomic E-state index is 13.1. The van der Waals surface area contributed by atoms with E-state index in [1.165, 1.54) is 18.4 Å². The van der Waals surface area contributed by atoms with Crippen LogP contribution in [-0.2, 0) is 6.42 Å². The van der Waals surface area contributed by atoms with Gasteiger partial charge in [0.05, 0.1) is 23.5 Å². The first kappa shape index (κ1) is 21.2. The lowest BCUT2D eigenvalue weighted by Gasteiger charge is -2.37. The van der Waals surface area contributed by atoms with Crippen LogP contribution in [-0.4, -0.2) is 45.2 Å². The van der Waals surface area contributed by atoms with Gasteiger partial charge in [-0.25, -0.2) is 9.67 Å². The zero-order valence-electron chi connectivity index (χ0n) is 18.4. The first-order chi connectivity index (χ1) is 15.2. The Labute approximate surface area is 184 Å². The minimum absolute atomic E-state index is 0.0784. The molecule has 3 aromatic rings. The van der Waals surface area contributed by atoms with Crippen LogP contribution in [0.15, 0.2) is 60.9 Å². The Morgan fingerprint density at radius 3 is 2.55 bits per heavy atom. The second-order valence-corrected chi connectivity index (χ2v) is 8.31. The summed E-state index contributed by atoms with van der Waals surface area (Å²) in [5.74, 6) is 1.42. The lowest BCUT2D eigenvalue weighted by molar-refractivity contribution is 0.0912. The minimum atomic E-state index is -0.0784. The Morgan fingerprint density at radius 2 is 1.87 bits per heavy atom. The third kappa shape index (κ3) is 4.85. The summed E-state index contributed by atoms with van der Waals surface area (Å²) in [6.07, 6.45) is 6.50. The standard InChI is InChI=1S/C25H31N5O/c1-3-22-21(17-28-30(22)24-11-7-8-14-26-24)25(31)27-18-23(20-9-5-4-6-10-20)29-15-12-19(2)13-16-29/h4-11,14,17,19,23H,3,12-13,15-16,18H2,1-2H3,(H,27,31). The van der Waals surface area contributed by atoms with Crippen molar-refractivity contribution in [1.29, 1.82) is 0 Å². The molecule has 6 nitrogen and oxygen atoms in total. The van der Waals surface area contributed by atoms with E-state index in [0.717, 1.165) is 30.5 Å². The van der Waals surface area contributed by atoms with Crippen LogP contribution in [0.25, 0.3) is 5.82 Å². The molecule has 4 rings (SSSR count). The number of likely N-dealkylation sites (tertiary alicyclic amines) is 1. The summed E-state index contributed by atoms with van der Waals surface area (Å²) in [7, 11) is 0. The highest BCUT2D eigenvalue weighted by atomic mass is 16.1. The highest BCUT2D eigenvalue weighted by molar-refractivity contribution is 5.95. The van der Waals surface area contributed by atoms with E-state index >= 15 is 0 Å². The molecule has 0 bridgehead atoms. The Morgan fingerprint density at radius 1 is 1.13 bits per heavy atom. The number of benzene rings is 1. The van der Waals surface area contributed by atoms with E-state index in [1.54, 1.807) is 17.1 Å². The van der Waals surface area contributed by atoms with Gasteiger partial charge >= 0.3 is 0 Å². The molecule has 0 saturated carbocycles. The minimum Gasteiger partial charge on any atom is -0.350 e.